The SMILES string of the molecule is Cc1c(O)c(-c2ccc3cc(N4C[C@H](C)N[C@@H](C)C4)cnc3n2)cc2cn(C)nc12. The molecule has 2 atom stereocenters. The molecule has 2 N–H and O–H groups in total. The largest absolute Gasteiger partial charge is 0.507 e. The fraction of sp³-hybridized carbons (Fsp3) is 0.348. The van der Waals surface area contributed by atoms with Gasteiger partial charge >= 0.3 is 0 Å². The van der Waals surface area contributed by atoms with E-state index in [1.165, 1.54) is 0 Å². The molecule has 1 aliphatic rings. The lowest BCUT2D eigenvalue weighted by Gasteiger charge is -2.37. The molecule has 7 nitrogen and oxygen atoms in total. The molecule has 1 aromatic carbocycles. The fourth-order valence-corrected chi connectivity index (χ4v) is 4.50. The number of aryl methyl sites for hydroxylation is 2. The Morgan fingerprint density at radius 3 is 2.63 bits per heavy atom. The van der Waals surface area contributed by atoms with Gasteiger partial charge in [0.25, 0.3) is 0 Å². The Morgan fingerprint density at radius 1 is 1.10 bits per heavy atom. The molecule has 30 heavy (non-hydrogen) atoms. The van der Waals surface area contributed by atoms with Gasteiger partial charge in [0.2, 0.25) is 0 Å². The zero-order valence-electron chi connectivity index (χ0n) is 17.7. The van der Waals surface area contributed by atoms with Gasteiger partial charge in [-0.05, 0) is 45.0 Å². The molecule has 0 amide bonds. The Hall–Kier alpha value is -3.19. The van der Waals surface area contributed by atoms with Crippen molar-refractivity contribution in [1.82, 2.24) is 25.1 Å². The van der Waals surface area contributed by atoms with Crippen LogP contribution in [-0.2, 0) is 7.05 Å². The predicted octanol–water partition coefficient (Wildman–Crippen LogP) is 3.38. The molecule has 154 valence electrons. The molecular weight excluding hydrogens is 376 g/mol. The van der Waals surface area contributed by atoms with Gasteiger partial charge in [-0.3, -0.25) is 4.68 Å². The number of rotatable bonds is 2. The normalized spacial score (nSPS) is 19.7. The van der Waals surface area contributed by atoms with Gasteiger partial charge in [-0.25, -0.2) is 9.97 Å². The summed E-state index contributed by atoms with van der Waals surface area (Å²) in [6.45, 7) is 8.22. The van der Waals surface area contributed by atoms with Crippen LogP contribution in [0.25, 0.3) is 33.2 Å². The van der Waals surface area contributed by atoms with Crippen molar-refractivity contribution in [1.29, 1.82) is 0 Å². The van der Waals surface area contributed by atoms with E-state index in [1.54, 1.807) is 4.68 Å². The minimum atomic E-state index is 0.216. The number of phenolic OH excluding ortho intramolecular Hbond substituents is 1. The lowest BCUT2D eigenvalue weighted by molar-refractivity contribution is 0.407. The zero-order chi connectivity index (χ0) is 21.0. The predicted molar refractivity (Wildman–Crippen MR) is 120 cm³/mol. The minimum Gasteiger partial charge on any atom is -0.507 e. The van der Waals surface area contributed by atoms with Crippen molar-refractivity contribution < 1.29 is 5.11 Å². The number of phenols is 1. The number of hydrogen-bond acceptors (Lipinski definition) is 6. The Kier molecular flexibility index (Phi) is 4.36. The summed E-state index contributed by atoms with van der Waals surface area (Å²) in [6, 6.07) is 8.96. The smallest absolute Gasteiger partial charge is 0.159 e. The van der Waals surface area contributed by atoms with E-state index in [4.69, 9.17) is 4.98 Å². The number of piperazine rings is 1. The molecule has 1 fully saturated rings. The quantitative estimate of drug-likeness (QED) is 0.535. The van der Waals surface area contributed by atoms with Crippen LogP contribution in [0.1, 0.15) is 19.4 Å². The van der Waals surface area contributed by atoms with E-state index in [0.717, 1.165) is 40.6 Å². The number of pyridine rings is 2. The maximum absolute atomic E-state index is 10.8. The third-order valence-corrected chi connectivity index (χ3v) is 5.85. The van der Waals surface area contributed by atoms with Gasteiger partial charge in [-0.15, -0.1) is 0 Å². The Balaban J connectivity index is 1.55. The summed E-state index contributed by atoms with van der Waals surface area (Å²) in [5.41, 5.74) is 4.77. The number of aromatic hydroxyl groups is 1. The molecule has 0 bridgehead atoms. The molecular formula is C23H26N6O. The molecule has 3 aromatic heterocycles. The molecule has 0 radical (unpaired) electrons. The minimum absolute atomic E-state index is 0.216. The maximum Gasteiger partial charge on any atom is 0.159 e. The van der Waals surface area contributed by atoms with Crippen molar-refractivity contribution in [2.24, 2.45) is 7.05 Å². The first-order valence-corrected chi connectivity index (χ1v) is 10.3. The highest BCUT2D eigenvalue weighted by Crippen LogP contribution is 2.36. The van der Waals surface area contributed by atoms with Crippen LogP contribution in [0.4, 0.5) is 5.69 Å². The molecule has 1 aliphatic heterocycles. The molecule has 4 aromatic rings. The van der Waals surface area contributed by atoms with E-state index in [1.807, 2.05) is 44.6 Å². The number of aromatic nitrogens is 4. The molecule has 7 heteroatoms. The number of hydrogen-bond donors (Lipinski definition) is 2. The highest BCUT2D eigenvalue weighted by molar-refractivity contribution is 5.91. The van der Waals surface area contributed by atoms with Crippen molar-refractivity contribution in [2.75, 3.05) is 18.0 Å². The van der Waals surface area contributed by atoms with Crippen LogP contribution in [0.2, 0.25) is 0 Å². The highest BCUT2D eigenvalue weighted by Gasteiger charge is 2.22. The number of anilines is 1. The van der Waals surface area contributed by atoms with E-state index in [9.17, 15) is 5.11 Å². The molecule has 0 spiro atoms. The van der Waals surface area contributed by atoms with Crippen molar-refractivity contribution in [3.05, 3.63) is 42.2 Å². The monoisotopic (exact) mass is 402 g/mol. The summed E-state index contributed by atoms with van der Waals surface area (Å²) < 4.78 is 1.76. The van der Waals surface area contributed by atoms with Crippen LogP contribution in [0, 0.1) is 6.92 Å². The molecule has 0 unspecified atom stereocenters. The van der Waals surface area contributed by atoms with Crippen molar-refractivity contribution in [3.63, 3.8) is 0 Å². The first-order chi connectivity index (χ1) is 14.4. The third kappa shape index (κ3) is 3.15. The number of nitrogens with zero attached hydrogens (tertiary/aromatic N) is 5. The van der Waals surface area contributed by atoms with E-state index in [2.05, 4.69) is 40.2 Å². The van der Waals surface area contributed by atoms with E-state index >= 15 is 0 Å². The summed E-state index contributed by atoms with van der Waals surface area (Å²) in [5.74, 6) is 0.216. The Morgan fingerprint density at radius 2 is 1.87 bits per heavy atom. The van der Waals surface area contributed by atoms with Gasteiger partial charge in [-0.2, -0.15) is 5.10 Å². The average Bonchev–Trinajstić information content (AvgIpc) is 3.10. The van der Waals surface area contributed by atoms with Gasteiger partial charge < -0.3 is 15.3 Å². The van der Waals surface area contributed by atoms with Crippen molar-refractivity contribution in [2.45, 2.75) is 32.9 Å². The Bertz CT molecular complexity index is 1250. The van der Waals surface area contributed by atoms with Crippen LogP contribution < -0.4 is 10.2 Å². The van der Waals surface area contributed by atoms with Crippen LogP contribution in [0.15, 0.2) is 36.7 Å². The summed E-state index contributed by atoms with van der Waals surface area (Å²) in [4.78, 5) is 11.8. The first-order valence-electron chi connectivity index (χ1n) is 10.3. The molecule has 0 aliphatic carbocycles. The van der Waals surface area contributed by atoms with E-state index in [-0.39, 0.29) is 5.75 Å². The van der Waals surface area contributed by atoms with Crippen molar-refractivity contribution >= 4 is 27.6 Å². The molecule has 5 rings (SSSR count). The van der Waals surface area contributed by atoms with Crippen LogP contribution in [-0.4, -0.2) is 50.0 Å². The molecule has 1 saturated heterocycles. The molecule has 4 heterocycles. The second-order valence-corrected chi connectivity index (χ2v) is 8.45. The summed E-state index contributed by atoms with van der Waals surface area (Å²) in [7, 11) is 1.88. The van der Waals surface area contributed by atoms with Gasteiger partial charge in [0, 0.05) is 60.3 Å². The van der Waals surface area contributed by atoms with Gasteiger partial charge in [0.15, 0.2) is 5.65 Å². The third-order valence-electron chi connectivity index (χ3n) is 5.85. The topological polar surface area (TPSA) is 79.1 Å². The lowest BCUT2D eigenvalue weighted by atomic mass is 10.0. The first kappa shape index (κ1) is 18.8. The summed E-state index contributed by atoms with van der Waals surface area (Å²) >= 11 is 0. The van der Waals surface area contributed by atoms with Gasteiger partial charge in [-0.1, -0.05) is 0 Å². The standard InChI is InChI=1S/C23H26N6O/c1-13-10-29(11-14(2)25-13)18-7-16-5-6-20(26-23(16)24-9-18)19-8-17-12-28(4)27-21(17)15(3)22(19)30/h5-9,12-14,25,30H,10-11H2,1-4H3/t13-,14-/m0/s1. The van der Waals surface area contributed by atoms with Crippen LogP contribution in [0.3, 0.4) is 0 Å². The molecule has 0 saturated carbocycles. The van der Waals surface area contributed by atoms with E-state index < -0.39 is 0 Å². The van der Waals surface area contributed by atoms with Gasteiger partial charge in [0.1, 0.15) is 5.75 Å². The Labute approximate surface area is 175 Å². The number of nitrogens with one attached hydrogen (secondary N) is 1. The highest BCUT2D eigenvalue weighted by atomic mass is 16.3. The second-order valence-electron chi connectivity index (χ2n) is 8.45. The van der Waals surface area contributed by atoms with Crippen molar-refractivity contribution in [3.8, 4) is 17.0 Å². The second kappa shape index (κ2) is 6.95. The summed E-state index contributed by atoms with van der Waals surface area (Å²) in [5, 5.41) is 20.7. The van der Waals surface area contributed by atoms with Crippen LogP contribution in [0.5, 0.6) is 5.75 Å². The lowest BCUT2D eigenvalue weighted by Crippen LogP contribution is -2.54. The average molecular weight is 403 g/mol. The van der Waals surface area contributed by atoms with Gasteiger partial charge in [0.05, 0.1) is 23.1 Å². The van der Waals surface area contributed by atoms with Crippen LogP contribution >= 0.6 is 0 Å². The van der Waals surface area contributed by atoms with E-state index in [0.29, 0.717) is 29.0 Å². The number of fused-ring (bicyclic) bond motifs is 2. The summed E-state index contributed by atoms with van der Waals surface area (Å²) in [6.07, 6.45) is 3.85. The zero-order valence-corrected chi connectivity index (χ0v) is 17.7. The maximum atomic E-state index is 10.8. The fourth-order valence-electron chi connectivity index (χ4n) is 4.50. The number of benzene rings is 1.